The quantitative estimate of drug-likeness (QED) is 0.679. The Labute approximate surface area is 109 Å². The van der Waals surface area contributed by atoms with Gasteiger partial charge in [-0.3, -0.25) is 10.1 Å². The highest BCUT2D eigenvalue weighted by molar-refractivity contribution is 5.89. The first kappa shape index (κ1) is 12.1. The van der Waals surface area contributed by atoms with Crippen LogP contribution in [-0.4, -0.2) is 27.3 Å². The molecule has 2 heterocycles. The van der Waals surface area contributed by atoms with Crippen molar-refractivity contribution in [1.82, 2.24) is 4.57 Å². The first-order valence-corrected chi connectivity index (χ1v) is 6.21. The van der Waals surface area contributed by atoms with Crippen molar-refractivity contribution >= 4 is 16.6 Å². The van der Waals surface area contributed by atoms with Crippen LogP contribution < -0.4 is 0 Å². The molecule has 1 aromatic carbocycles. The largest absolute Gasteiger partial charge is 0.394 e. The summed E-state index contributed by atoms with van der Waals surface area (Å²) >= 11 is 0. The first-order valence-electron chi connectivity index (χ1n) is 6.21. The standard InChI is InChI=1S/C13H14N2O4/c16-8-9-4-5-13(19-9)14-7-6-10-11(14)2-1-3-12(10)15(17)18/h1-3,6-7,9,13,16H,4-5,8H2/t9-,13+/m0/s1. The number of hydrogen-bond acceptors (Lipinski definition) is 4. The minimum Gasteiger partial charge on any atom is -0.394 e. The van der Waals surface area contributed by atoms with Gasteiger partial charge in [-0.15, -0.1) is 0 Å². The highest BCUT2D eigenvalue weighted by atomic mass is 16.6. The van der Waals surface area contributed by atoms with Gasteiger partial charge >= 0.3 is 0 Å². The van der Waals surface area contributed by atoms with Gasteiger partial charge in [-0.2, -0.15) is 0 Å². The lowest BCUT2D eigenvalue weighted by Gasteiger charge is -2.15. The van der Waals surface area contributed by atoms with Crippen LogP contribution in [-0.2, 0) is 4.74 Å². The minimum absolute atomic E-state index is 0.00977. The van der Waals surface area contributed by atoms with E-state index in [2.05, 4.69) is 0 Å². The summed E-state index contributed by atoms with van der Waals surface area (Å²) in [7, 11) is 0. The number of hydrogen-bond donors (Lipinski definition) is 1. The molecule has 1 aromatic heterocycles. The van der Waals surface area contributed by atoms with Gasteiger partial charge in [0.15, 0.2) is 0 Å². The third-order valence-electron chi connectivity index (χ3n) is 3.54. The molecule has 0 amide bonds. The zero-order valence-corrected chi connectivity index (χ0v) is 10.2. The normalized spacial score (nSPS) is 23.0. The van der Waals surface area contributed by atoms with E-state index < -0.39 is 0 Å². The van der Waals surface area contributed by atoms with Gasteiger partial charge in [0.2, 0.25) is 0 Å². The SMILES string of the molecule is O=[N+]([O-])c1cccc2c1ccn2[C@H]1CC[C@@H](CO)O1. The molecular weight excluding hydrogens is 248 g/mol. The van der Waals surface area contributed by atoms with Crippen LogP contribution in [0.2, 0.25) is 0 Å². The fourth-order valence-electron chi connectivity index (χ4n) is 2.61. The van der Waals surface area contributed by atoms with E-state index in [1.54, 1.807) is 12.1 Å². The molecule has 0 radical (unpaired) electrons. The second-order valence-corrected chi connectivity index (χ2v) is 4.66. The van der Waals surface area contributed by atoms with E-state index in [0.717, 1.165) is 18.4 Å². The zero-order valence-electron chi connectivity index (χ0n) is 10.2. The minimum atomic E-state index is -0.376. The molecular formula is C13H14N2O4. The molecule has 100 valence electrons. The maximum atomic E-state index is 11.0. The van der Waals surface area contributed by atoms with Crippen molar-refractivity contribution in [2.45, 2.75) is 25.2 Å². The molecule has 1 aliphatic rings. The van der Waals surface area contributed by atoms with Crippen LogP contribution in [0.25, 0.3) is 10.9 Å². The average molecular weight is 262 g/mol. The summed E-state index contributed by atoms with van der Waals surface area (Å²) in [6, 6.07) is 6.76. The molecule has 19 heavy (non-hydrogen) atoms. The van der Waals surface area contributed by atoms with E-state index in [0.29, 0.717) is 5.39 Å². The van der Waals surface area contributed by atoms with Crippen molar-refractivity contribution in [3.63, 3.8) is 0 Å². The van der Waals surface area contributed by atoms with Crippen molar-refractivity contribution in [1.29, 1.82) is 0 Å². The molecule has 0 spiro atoms. The number of ether oxygens (including phenoxy) is 1. The molecule has 1 fully saturated rings. The Morgan fingerprint density at radius 1 is 1.42 bits per heavy atom. The molecule has 1 saturated heterocycles. The van der Waals surface area contributed by atoms with Crippen LogP contribution in [0.1, 0.15) is 19.1 Å². The van der Waals surface area contributed by atoms with E-state index in [4.69, 9.17) is 9.84 Å². The van der Waals surface area contributed by atoms with Gasteiger partial charge in [0.1, 0.15) is 6.23 Å². The number of rotatable bonds is 3. The number of non-ortho nitro benzene ring substituents is 1. The van der Waals surface area contributed by atoms with Crippen LogP contribution in [0.3, 0.4) is 0 Å². The second kappa shape index (κ2) is 4.64. The molecule has 0 aliphatic carbocycles. The van der Waals surface area contributed by atoms with Gasteiger partial charge in [0.05, 0.1) is 28.5 Å². The topological polar surface area (TPSA) is 77.5 Å². The summed E-state index contributed by atoms with van der Waals surface area (Å²) in [6.45, 7) is 0.00977. The number of aromatic nitrogens is 1. The summed E-state index contributed by atoms with van der Waals surface area (Å²) in [4.78, 5) is 10.6. The number of fused-ring (bicyclic) bond motifs is 1. The Bertz CT molecular complexity index is 622. The Morgan fingerprint density at radius 2 is 2.26 bits per heavy atom. The van der Waals surface area contributed by atoms with Crippen molar-refractivity contribution in [3.8, 4) is 0 Å². The maximum Gasteiger partial charge on any atom is 0.278 e. The number of benzene rings is 1. The lowest BCUT2D eigenvalue weighted by molar-refractivity contribution is -0.383. The molecule has 2 atom stereocenters. The predicted octanol–water partition coefficient (Wildman–Crippen LogP) is 2.22. The number of nitro benzene ring substituents is 1. The van der Waals surface area contributed by atoms with Gasteiger partial charge in [-0.05, 0) is 25.0 Å². The van der Waals surface area contributed by atoms with Gasteiger partial charge in [-0.25, -0.2) is 0 Å². The monoisotopic (exact) mass is 262 g/mol. The summed E-state index contributed by atoms with van der Waals surface area (Å²) in [5.41, 5.74) is 0.894. The molecule has 0 bridgehead atoms. The summed E-state index contributed by atoms with van der Waals surface area (Å²) in [5, 5.41) is 20.7. The highest BCUT2D eigenvalue weighted by Crippen LogP contribution is 2.34. The zero-order chi connectivity index (χ0) is 13.4. The Morgan fingerprint density at radius 3 is 2.95 bits per heavy atom. The number of aliphatic hydroxyl groups is 1. The molecule has 0 saturated carbocycles. The van der Waals surface area contributed by atoms with Crippen molar-refractivity contribution in [2.24, 2.45) is 0 Å². The Balaban J connectivity index is 2.02. The fraction of sp³-hybridized carbons (Fsp3) is 0.385. The number of aliphatic hydroxyl groups excluding tert-OH is 1. The van der Waals surface area contributed by atoms with Crippen LogP contribution in [0.4, 0.5) is 5.69 Å². The predicted molar refractivity (Wildman–Crippen MR) is 68.8 cm³/mol. The average Bonchev–Trinajstić information content (AvgIpc) is 3.03. The molecule has 1 N–H and O–H groups in total. The van der Waals surface area contributed by atoms with Crippen molar-refractivity contribution in [3.05, 3.63) is 40.6 Å². The third-order valence-corrected chi connectivity index (χ3v) is 3.54. The maximum absolute atomic E-state index is 11.0. The molecule has 6 heteroatoms. The molecule has 6 nitrogen and oxygen atoms in total. The molecule has 3 rings (SSSR count). The lowest BCUT2D eigenvalue weighted by atomic mass is 10.2. The molecule has 2 aromatic rings. The Hall–Kier alpha value is -1.92. The van der Waals surface area contributed by atoms with E-state index in [-0.39, 0.29) is 29.5 Å². The van der Waals surface area contributed by atoms with Gasteiger partial charge in [0, 0.05) is 12.3 Å². The van der Waals surface area contributed by atoms with Gasteiger partial charge in [0.25, 0.3) is 5.69 Å². The van der Waals surface area contributed by atoms with Crippen LogP contribution in [0, 0.1) is 10.1 Å². The fourth-order valence-corrected chi connectivity index (χ4v) is 2.61. The van der Waals surface area contributed by atoms with Crippen LogP contribution >= 0.6 is 0 Å². The smallest absolute Gasteiger partial charge is 0.278 e. The summed E-state index contributed by atoms with van der Waals surface area (Å²) < 4.78 is 7.61. The summed E-state index contributed by atoms with van der Waals surface area (Å²) in [5.74, 6) is 0. The van der Waals surface area contributed by atoms with E-state index in [1.165, 1.54) is 6.07 Å². The van der Waals surface area contributed by atoms with E-state index in [1.807, 2.05) is 16.8 Å². The lowest BCUT2D eigenvalue weighted by Crippen LogP contribution is -2.13. The van der Waals surface area contributed by atoms with Gasteiger partial charge < -0.3 is 14.4 Å². The van der Waals surface area contributed by atoms with Crippen LogP contribution in [0.5, 0.6) is 0 Å². The van der Waals surface area contributed by atoms with Crippen LogP contribution in [0.15, 0.2) is 30.5 Å². The van der Waals surface area contributed by atoms with Crippen molar-refractivity contribution in [2.75, 3.05) is 6.61 Å². The van der Waals surface area contributed by atoms with Gasteiger partial charge in [-0.1, -0.05) is 6.07 Å². The first-order chi connectivity index (χ1) is 9.20. The molecule has 1 aliphatic heterocycles. The highest BCUT2D eigenvalue weighted by Gasteiger charge is 2.27. The second-order valence-electron chi connectivity index (χ2n) is 4.66. The van der Waals surface area contributed by atoms with E-state index >= 15 is 0 Å². The Kier molecular flexibility index (Phi) is 2.96. The number of nitrogens with zero attached hydrogens (tertiary/aromatic N) is 2. The van der Waals surface area contributed by atoms with Crippen molar-refractivity contribution < 1.29 is 14.8 Å². The number of nitro groups is 1. The summed E-state index contributed by atoms with van der Waals surface area (Å²) in [6.07, 6.45) is 3.12. The third kappa shape index (κ3) is 1.98. The van der Waals surface area contributed by atoms with E-state index in [9.17, 15) is 10.1 Å². The molecule has 0 unspecified atom stereocenters.